The number of ether oxygens (including phenoxy) is 2. The number of hydrogen-bond acceptors (Lipinski definition) is 4. The number of benzene rings is 2. The fourth-order valence-electron chi connectivity index (χ4n) is 2.53. The summed E-state index contributed by atoms with van der Waals surface area (Å²) in [6.07, 6.45) is 3.58. The van der Waals surface area contributed by atoms with E-state index in [0.717, 1.165) is 11.1 Å². The van der Waals surface area contributed by atoms with Crippen LogP contribution in [0, 0.1) is 5.92 Å². The standard InChI is InChI=1S/C20H18Cl2O4/c1-25-19(23)18(20(24)26-2)17(14-6-10-16(22)11-7-14)12-5-13-3-8-15(21)9-4-13/h3-12,17-18H,1-2H3/b12-5+. The van der Waals surface area contributed by atoms with Gasteiger partial charge in [-0.2, -0.15) is 0 Å². The van der Waals surface area contributed by atoms with Crippen LogP contribution in [0.4, 0.5) is 0 Å². The van der Waals surface area contributed by atoms with Crippen molar-refractivity contribution in [2.45, 2.75) is 5.92 Å². The fourth-order valence-corrected chi connectivity index (χ4v) is 2.78. The molecule has 0 N–H and O–H groups in total. The summed E-state index contributed by atoms with van der Waals surface area (Å²) in [7, 11) is 2.47. The van der Waals surface area contributed by atoms with Crippen LogP contribution < -0.4 is 0 Å². The number of halogens is 2. The zero-order valence-corrected chi connectivity index (χ0v) is 15.8. The molecule has 1 unspecified atom stereocenters. The van der Waals surface area contributed by atoms with Crippen molar-refractivity contribution in [3.05, 3.63) is 75.8 Å². The summed E-state index contributed by atoms with van der Waals surface area (Å²) in [5, 5.41) is 1.18. The van der Waals surface area contributed by atoms with Crippen molar-refractivity contribution >= 4 is 41.2 Å². The predicted molar refractivity (Wildman–Crippen MR) is 102 cm³/mol. The van der Waals surface area contributed by atoms with Gasteiger partial charge in [0.05, 0.1) is 14.2 Å². The Kier molecular flexibility index (Phi) is 7.25. The molecule has 0 saturated heterocycles. The summed E-state index contributed by atoms with van der Waals surface area (Å²) in [4.78, 5) is 24.5. The monoisotopic (exact) mass is 392 g/mol. The molecular weight excluding hydrogens is 375 g/mol. The molecule has 1 atom stereocenters. The molecule has 0 radical (unpaired) electrons. The van der Waals surface area contributed by atoms with Gasteiger partial charge in [-0.05, 0) is 35.4 Å². The maximum atomic E-state index is 12.2. The number of hydrogen-bond donors (Lipinski definition) is 0. The molecule has 0 spiro atoms. The fraction of sp³-hybridized carbons (Fsp3) is 0.200. The molecule has 0 amide bonds. The van der Waals surface area contributed by atoms with Crippen LogP contribution in [0.25, 0.3) is 6.08 Å². The zero-order valence-electron chi connectivity index (χ0n) is 14.3. The van der Waals surface area contributed by atoms with Gasteiger partial charge >= 0.3 is 11.9 Å². The summed E-state index contributed by atoms with van der Waals surface area (Å²) in [6, 6.07) is 14.1. The first-order valence-electron chi connectivity index (χ1n) is 7.81. The smallest absolute Gasteiger partial charge is 0.321 e. The van der Waals surface area contributed by atoms with Gasteiger partial charge in [0.2, 0.25) is 0 Å². The van der Waals surface area contributed by atoms with Crippen LogP contribution >= 0.6 is 23.2 Å². The highest BCUT2D eigenvalue weighted by Gasteiger charge is 2.36. The second kappa shape index (κ2) is 9.41. The lowest BCUT2D eigenvalue weighted by Crippen LogP contribution is -2.31. The van der Waals surface area contributed by atoms with E-state index in [1.165, 1.54) is 14.2 Å². The lowest BCUT2D eigenvalue weighted by Gasteiger charge is -2.21. The Morgan fingerprint density at radius 2 is 1.31 bits per heavy atom. The zero-order chi connectivity index (χ0) is 19.1. The van der Waals surface area contributed by atoms with Crippen molar-refractivity contribution in [1.82, 2.24) is 0 Å². The summed E-state index contributed by atoms with van der Waals surface area (Å²) < 4.78 is 9.62. The maximum absolute atomic E-state index is 12.2. The third kappa shape index (κ3) is 5.10. The van der Waals surface area contributed by atoms with Gasteiger partial charge in [0.1, 0.15) is 0 Å². The van der Waals surface area contributed by atoms with E-state index in [4.69, 9.17) is 32.7 Å². The molecule has 136 valence electrons. The average Bonchev–Trinajstić information content (AvgIpc) is 2.66. The van der Waals surface area contributed by atoms with E-state index >= 15 is 0 Å². The normalized spacial score (nSPS) is 12.2. The average molecular weight is 393 g/mol. The SMILES string of the molecule is COC(=O)C(C(=O)OC)C(/C=C/c1ccc(Cl)cc1)c1ccc(Cl)cc1. The third-order valence-corrected chi connectivity index (χ3v) is 4.39. The molecule has 0 aliphatic rings. The first-order valence-corrected chi connectivity index (χ1v) is 8.56. The molecule has 0 saturated carbocycles. The van der Waals surface area contributed by atoms with Crippen LogP contribution in [0.3, 0.4) is 0 Å². The molecule has 0 fully saturated rings. The second-order valence-corrected chi connectivity index (χ2v) is 6.38. The van der Waals surface area contributed by atoms with Crippen molar-refractivity contribution in [2.24, 2.45) is 5.92 Å². The van der Waals surface area contributed by atoms with Gasteiger partial charge in [0.25, 0.3) is 0 Å². The number of carbonyl (C=O) groups is 2. The van der Waals surface area contributed by atoms with Crippen molar-refractivity contribution in [3.8, 4) is 0 Å². The van der Waals surface area contributed by atoms with Gasteiger partial charge in [0.15, 0.2) is 5.92 Å². The first-order chi connectivity index (χ1) is 12.5. The molecule has 26 heavy (non-hydrogen) atoms. The molecular formula is C20H18Cl2O4. The predicted octanol–water partition coefficient (Wildman–Crippen LogP) is 4.75. The van der Waals surface area contributed by atoms with E-state index in [1.54, 1.807) is 42.5 Å². The van der Waals surface area contributed by atoms with Crippen LogP contribution in [-0.2, 0) is 19.1 Å². The van der Waals surface area contributed by atoms with Crippen LogP contribution in [-0.4, -0.2) is 26.2 Å². The van der Waals surface area contributed by atoms with Crippen LogP contribution in [0.15, 0.2) is 54.6 Å². The topological polar surface area (TPSA) is 52.6 Å². The molecule has 0 heterocycles. The van der Waals surface area contributed by atoms with Gasteiger partial charge < -0.3 is 9.47 Å². The number of carbonyl (C=O) groups excluding carboxylic acids is 2. The number of methoxy groups -OCH3 is 2. The molecule has 0 aliphatic heterocycles. The molecule has 0 aliphatic carbocycles. The molecule has 2 rings (SSSR count). The Labute approximate surface area is 162 Å². The lowest BCUT2D eigenvalue weighted by molar-refractivity contribution is -0.159. The molecule has 2 aromatic rings. The molecule has 6 heteroatoms. The summed E-state index contributed by atoms with van der Waals surface area (Å²) >= 11 is 11.8. The summed E-state index contributed by atoms with van der Waals surface area (Å²) in [5.74, 6) is -3.05. The van der Waals surface area contributed by atoms with E-state index < -0.39 is 23.8 Å². The van der Waals surface area contributed by atoms with E-state index in [2.05, 4.69) is 0 Å². The van der Waals surface area contributed by atoms with Gasteiger partial charge in [-0.15, -0.1) is 0 Å². The highest BCUT2D eigenvalue weighted by molar-refractivity contribution is 6.30. The number of allylic oxidation sites excluding steroid dienone is 1. The van der Waals surface area contributed by atoms with Crippen LogP contribution in [0.5, 0.6) is 0 Å². The van der Waals surface area contributed by atoms with Crippen molar-refractivity contribution < 1.29 is 19.1 Å². The highest BCUT2D eigenvalue weighted by Crippen LogP contribution is 2.30. The van der Waals surface area contributed by atoms with Crippen molar-refractivity contribution in [2.75, 3.05) is 14.2 Å². The number of rotatable bonds is 6. The largest absolute Gasteiger partial charge is 0.468 e. The molecule has 0 aromatic heterocycles. The summed E-state index contributed by atoms with van der Waals surface area (Å²) in [6.45, 7) is 0. The van der Waals surface area contributed by atoms with Gasteiger partial charge in [-0.1, -0.05) is 59.6 Å². The maximum Gasteiger partial charge on any atom is 0.321 e. The van der Waals surface area contributed by atoms with Gasteiger partial charge in [-0.3, -0.25) is 9.59 Å². The van der Waals surface area contributed by atoms with Gasteiger partial charge in [0, 0.05) is 16.0 Å². The van der Waals surface area contributed by atoms with E-state index in [0.29, 0.717) is 10.0 Å². The second-order valence-electron chi connectivity index (χ2n) is 5.51. The highest BCUT2D eigenvalue weighted by atomic mass is 35.5. The Morgan fingerprint density at radius 1 is 0.846 bits per heavy atom. The summed E-state index contributed by atoms with van der Waals surface area (Å²) in [5.41, 5.74) is 1.61. The van der Waals surface area contributed by atoms with Crippen LogP contribution in [0.2, 0.25) is 10.0 Å². The Hall–Kier alpha value is -2.30. The van der Waals surface area contributed by atoms with E-state index in [-0.39, 0.29) is 0 Å². The molecule has 4 nitrogen and oxygen atoms in total. The van der Waals surface area contributed by atoms with E-state index in [1.807, 2.05) is 18.2 Å². The lowest BCUT2D eigenvalue weighted by atomic mass is 9.85. The van der Waals surface area contributed by atoms with E-state index in [9.17, 15) is 9.59 Å². The van der Waals surface area contributed by atoms with Crippen molar-refractivity contribution in [3.63, 3.8) is 0 Å². The van der Waals surface area contributed by atoms with Gasteiger partial charge in [-0.25, -0.2) is 0 Å². The Balaban J connectivity index is 2.46. The Bertz CT molecular complexity index is 766. The quantitative estimate of drug-likeness (QED) is 0.525. The minimum absolute atomic E-state index is 0.557. The van der Waals surface area contributed by atoms with Crippen LogP contribution in [0.1, 0.15) is 17.0 Å². The van der Waals surface area contributed by atoms with Crippen molar-refractivity contribution in [1.29, 1.82) is 0 Å². The Morgan fingerprint density at radius 3 is 1.77 bits per heavy atom. The third-order valence-electron chi connectivity index (χ3n) is 3.89. The molecule has 0 bridgehead atoms. The molecule has 2 aromatic carbocycles. The minimum atomic E-state index is -1.13. The first kappa shape index (κ1) is 20.0. The minimum Gasteiger partial charge on any atom is -0.468 e. The number of esters is 2.